The second-order valence-corrected chi connectivity index (χ2v) is 8.84. The van der Waals surface area contributed by atoms with Crippen LogP contribution in [0.25, 0.3) is 11.1 Å². The van der Waals surface area contributed by atoms with Crippen molar-refractivity contribution in [1.82, 2.24) is 10.3 Å². The molecule has 0 amide bonds. The summed E-state index contributed by atoms with van der Waals surface area (Å²) >= 11 is 0. The van der Waals surface area contributed by atoms with E-state index >= 15 is 0 Å². The second-order valence-electron chi connectivity index (χ2n) is 8.84. The van der Waals surface area contributed by atoms with Crippen molar-refractivity contribution in [1.29, 1.82) is 0 Å². The van der Waals surface area contributed by atoms with Gasteiger partial charge in [-0.05, 0) is 72.7 Å². The fourth-order valence-electron chi connectivity index (χ4n) is 4.56. The first-order valence-electron chi connectivity index (χ1n) is 10.0. The minimum Gasteiger partial charge on any atom is -0.440 e. The van der Waals surface area contributed by atoms with E-state index in [-0.39, 0.29) is 12.0 Å². The number of fused-ring (bicyclic) bond motifs is 2. The Labute approximate surface area is 162 Å². The van der Waals surface area contributed by atoms with E-state index < -0.39 is 12.4 Å². The number of nitrogens with one attached hydrogen (secondary N) is 1. The average molecular weight is 396 g/mol. The number of nitrogens with zero attached hydrogens (tertiary/aromatic N) is 1. The minimum atomic E-state index is -4.66. The first-order chi connectivity index (χ1) is 13.1. The van der Waals surface area contributed by atoms with Gasteiger partial charge >= 0.3 is 6.18 Å². The first kappa shape index (κ1) is 19.7. The van der Waals surface area contributed by atoms with Crippen LogP contribution >= 0.6 is 0 Å². The Balaban J connectivity index is 1.64. The molecule has 28 heavy (non-hydrogen) atoms. The maximum absolute atomic E-state index is 12.6. The van der Waals surface area contributed by atoms with Crippen molar-refractivity contribution in [3.63, 3.8) is 0 Å². The van der Waals surface area contributed by atoms with Gasteiger partial charge in [0.15, 0.2) is 11.5 Å². The number of hydrogen-bond acceptors (Lipinski definition) is 4. The highest BCUT2D eigenvalue weighted by Crippen LogP contribution is 2.50. The summed E-state index contributed by atoms with van der Waals surface area (Å²) in [7, 11) is 0. The lowest BCUT2D eigenvalue weighted by Gasteiger charge is -2.44. The fourth-order valence-corrected chi connectivity index (χ4v) is 4.56. The SMILES string of the molecule is CC1C[C@@H](C)C(C)(CCNC(O)C(F)(F)F)c2cc3nc(C4CC4)oc3cc21. The lowest BCUT2D eigenvalue weighted by atomic mass is 9.61. The number of benzene rings is 1. The summed E-state index contributed by atoms with van der Waals surface area (Å²) in [5.41, 5.74) is 3.67. The fraction of sp³-hybridized carbons (Fsp3) is 0.667. The Bertz CT molecular complexity index is 874. The van der Waals surface area contributed by atoms with Gasteiger partial charge in [-0.15, -0.1) is 0 Å². The monoisotopic (exact) mass is 396 g/mol. The summed E-state index contributed by atoms with van der Waals surface area (Å²) in [6, 6.07) is 4.16. The number of aromatic nitrogens is 1. The van der Waals surface area contributed by atoms with Crippen molar-refractivity contribution in [2.24, 2.45) is 5.92 Å². The van der Waals surface area contributed by atoms with Crippen LogP contribution in [-0.2, 0) is 5.41 Å². The summed E-state index contributed by atoms with van der Waals surface area (Å²) in [6.45, 7) is 6.53. The molecule has 3 unspecified atom stereocenters. The molecule has 2 aliphatic rings. The quantitative estimate of drug-likeness (QED) is 0.701. The molecule has 0 aliphatic heterocycles. The largest absolute Gasteiger partial charge is 0.440 e. The molecule has 4 nitrogen and oxygen atoms in total. The molecule has 0 saturated heterocycles. The van der Waals surface area contributed by atoms with Crippen LogP contribution in [0, 0.1) is 5.92 Å². The Morgan fingerprint density at radius 1 is 1.32 bits per heavy atom. The molecule has 0 radical (unpaired) electrons. The van der Waals surface area contributed by atoms with Gasteiger partial charge in [-0.1, -0.05) is 20.8 Å². The van der Waals surface area contributed by atoms with Crippen molar-refractivity contribution in [3.05, 3.63) is 29.2 Å². The third-order valence-electron chi connectivity index (χ3n) is 6.74. The van der Waals surface area contributed by atoms with Crippen LogP contribution in [0.4, 0.5) is 13.2 Å². The first-order valence-corrected chi connectivity index (χ1v) is 10.0. The zero-order valence-corrected chi connectivity index (χ0v) is 16.4. The molecule has 1 saturated carbocycles. The Hall–Kier alpha value is -1.60. The number of rotatable bonds is 5. The average Bonchev–Trinajstić information content (AvgIpc) is 3.37. The molecule has 1 aromatic heterocycles. The second kappa shape index (κ2) is 6.73. The third kappa shape index (κ3) is 3.43. The van der Waals surface area contributed by atoms with Crippen LogP contribution in [0.15, 0.2) is 16.5 Å². The molecule has 0 spiro atoms. The van der Waals surface area contributed by atoms with Gasteiger partial charge in [0.2, 0.25) is 6.23 Å². The number of aliphatic hydroxyl groups excluding tert-OH is 1. The number of halogens is 3. The van der Waals surface area contributed by atoms with Crippen LogP contribution < -0.4 is 5.32 Å². The summed E-state index contributed by atoms with van der Waals surface area (Å²) in [5.74, 6) is 1.88. The predicted molar refractivity (Wildman–Crippen MR) is 100 cm³/mol. The van der Waals surface area contributed by atoms with Gasteiger partial charge < -0.3 is 9.52 Å². The molecule has 1 fully saturated rings. The molecule has 7 heteroatoms. The smallest absolute Gasteiger partial charge is 0.427 e. The number of oxazole rings is 1. The van der Waals surface area contributed by atoms with E-state index in [0.717, 1.165) is 41.8 Å². The van der Waals surface area contributed by atoms with Crippen LogP contribution in [-0.4, -0.2) is 29.0 Å². The highest BCUT2D eigenvalue weighted by molar-refractivity contribution is 5.76. The number of alkyl halides is 3. The van der Waals surface area contributed by atoms with Crippen molar-refractivity contribution in [2.75, 3.05) is 6.54 Å². The molecule has 2 aliphatic carbocycles. The molecular formula is C21H27F3N2O2. The van der Waals surface area contributed by atoms with Gasteiger partial charge in [0.1, 0.15) is 5.52 Å². The predicted octanol–water partition coefficient (Wildman–Crippen LogP) is 4.97. The van der Waals surface area contributed by atoms with Gasteiger partial charge in [-0.25, -0.2) is 4.98 Å². The molecule has 1 heterocycles. The van der Waals surface area contributed by atoms with E-state index in [4.69, 9.17) is 4.42 Å². The maximum atomic E-state index is 12.6. The van der Waals surface area contributed by atoms with E-state index in [1.54, 1.807) is 0 Å². The van der Waals surface area contributed by atoms with Gasteiger partial charge in [-0.3, -0.25) is 5.32 Å². The summed E-state index contributed by atoms with van der Waals surface area (Å²) < 4.78 is 43.7. The standard InChI is InChI=1S/C21H27F3N2O2/c1-11-8-12(2)20(3,6-7-25-19(27)21(22,23)24)15-10-16-17(9-14(11)15)28-18(26-16)13-4-5-13/h9-13,19,25,27H,4-8H2,1-3H3/t11?,12-,19?,20?/m1/s1. The lowest BCUT2D eigenvalue weighted by molar-refractivity contribution is -0.213. The van der Waals surface area contributed by atoms with Gasteiger partial charge in [0.25, 0.3) is 0 Å². The van der Waals surface area contributed by atoms with Gasteiger partial charge in [0, 0.05) is 5.92 Å². The van der Waals surface area contributed by atoms with E-state index in [9.17, 15) is 18.3 Å². The molecule has 154 valence electrons. The number of hydrogen-bond donors (Lipinski definition) is 2. The lowest BCUT2D eigenvalue weighted by Crippen LogP contribution is -2.45. The normalized spacial score (nSPS) is 29.1. The summed E-state index contributed by atoms with van der Waals surface area (Å²) in [4.78, 5) is 4.67. The molecule has 0 bridgehead atoms. The van der Waals surface area contributed by atoms with Crippen molar-refractivity contribution >= 4 is 11.1 Å². The number of aliphatic hydroxyl groups is 1. The van der Waals surface area contributed by atoms with E-state index in [0.29, 0.717) is 24.2 Å². The zero-order valence-electron chi connectivity index (χ0n) is 16.4. The highest BCUT2D eigenvalue weighted by Gasteiger charge is 2.42. The van der Waals surface area contributed by atoms with E-state index in [1.165, 1.54) is 5.56 Å². The van der Waals surface area contributed by atoms with Crippen molar-refractivity contribution in [2.45, 2.75) is 76.1 Å². The van der Waals surface area contributed by atoms with Crippen LogP contribution in [0.3, 0.4) is 0 Å². The Morgan fingerprint density at radius 2 is 2.04 bits per heavy atom. The van der Waals surface area contributed by atoms with Crippen LogP contribution in [0.2, 0.25) is 0 Å². The Morgan fingerprint density at radius 3 is 2.68 bits per heavy atom. The molecule has 2 N–H and O–H groups in total. The molecule has 2 aromatic rings. The maximum Gasteiger partial charge on any atom is 0.427 e. The molecule has 4 rings (SSSR count). The highest BCUT2D eigenvalue weighted by atomic mass is 19.4. The molecule has 4 atom stereocenters. The molecular weight excluding hydrogens is 369 g/mol. The van der Waals surface area contributed by atoms with E-state index in [2.05, 4.69) is 43.2 Å². The van der Waals surface area contributed by atoms with Crippen LogP contribution in [0.5, 0.6) is 0 Å². The summed E-state index contributed by atoms with van der Waals surface area (Å²) in [6.07, 6.45) is -3.46. The van der Waals surface area contributed by atoms with Crippen molar-refractivity contribution < 1.29 is 22.7 Å². The van der Waals surface area contributed by atoms with E-state index in [1.807, 2.05) is 0 Å². The van der Waals surface area contributed by atoms with Crippen LogP contribution in [0.1, 0.15) is 75.3 Å². The minimum absolute atomic E-state index is 0.0829. The topological polar surface area (TPSA) is 58.3 Å². The van der Waals surface area contributed by atoms with Crippen molar-refractivity contribution in [3.8, 4) is 0 Å². The van der Waals surface area contributed by atoms with Gasteiger partial charge in [-0.2, -0.15) is 13.2 Å². The Kier molecular flexibility index (Phi) is 4.74. The summed E-state index contributed by atoms with van der Waals surface area (Å²) in [5, 5.41) is 11.5. The zero-order chi connectivity index (χ0) is 20.3. The third-order valence-corrected chi connectivity index (χ3v) is 6.74. The van der Waals surface area contributed by atoms with Gasteiger partial charge in [0.05, 0.1) is 0 Å². The molecule has 1 aromatic carbocycles.